The average molecular weight is 1780 g/mol. The van der Waals surface area contributed by atoms with E-state index in [1.807, 2.05) is 187 Å². The molecule has 9 aromatic carbocycles. The van der Waals surface area contributed by atoms with Gasteiger partial charge in [0.2, 0.25) is 11.8 Å². The van der Waals surface area contributed by atoms with E-state index in [2.05, 4.69) is 21.3 Å². The number of hydrogen-bond donors (Lipinski definition) is 5. The summed E-state index contributed by atoms with van der Waals surface area (Å²) in [5, 5.41) is 13.9. The molecular weight excluding hydrogens is 1680 g/mol. The molecule has 3 saturated carbocycles. The van der Waals surface area contributed by atoms with Gasteiger partial charge in [0, 0.05) is 97.4 Å². The van der Waals surface area contributed by atoms with Crippen molar-refractivity contribution in [2.24, 2.45) is 5.73 Å². The number of ether oxygens (including phenoxy) is 3. The molecule has 1 heterocycles. The molecule has 0 radical (unpaired) electrons. The molecule has 1 aliphatic heterocycles. The summed E-state index contributed by atoms with van der Waals surface area (Å²) >= 11 is 5.75. The van der Waals surface area contributed by atoms with E-state index < -0.39 is 116 Å². The van der Waals surface area contributed by atoms with Gasteiger partial charge in [0.25, 0.3) is 0 Å². The highest BCUT2D eigenvalue weighted by atomic mass is 35.5. The van der Waals surface area contributed by atoms with Crippen molar-refractivity contribution in [3.05, 3.63) is 320 Å². The van der Waals surface area contributed by atoms with Crippen molar-refractivity contribution in [2.75, 3.05) is 51.9 Å². The molecule has 9 aromatic rings. The monoisotopic (exact) mass is 1780 g/mol. The zero-order valence-electron chi connectivity index (χ0n) is 68.8. The summed E-state index contributed by atoms with van der Waals surface area (Å²) in [4.78, 5) is 26.9. The van der Waals surface area contributed by atoms with Crippen molar-refractivity contribution in [2.45, 2.75) is 193 Å². The zero-order valence-corrected chi connectivity index (χ0v) is 69.6. The number of amides is 2. The fourth-order valence-corrected chi connectivity index (χ4v) is 17.6. The molecule has 11 nitrogen and oxygen atoms in total. The Bertz CT molecular complexity index is 4870. The summed E-state index contributed by atoms with van der Waals surface area (Å²) in [6.07, 6.45) is -27.2. The first kappa shape index (κ1) is 96.3. The lowest BCUT2D eigenvalue weighted by Gasteiger charge is -2.58. The number of hydrogen-bond acceptors (Lipinski definition) is 9. The van der Waals surface area contributed by atoms with Crippen LogP contribution in [0.5, 0.6) is 0 Å². The van der Waals surface area contributed by atoms with Crippen molar-refractivity contribution in [1.82, 2.24) is 26.2 Å². The van der Waals surface area contributed by atoms with Gasteiger partial charge >= 0.3 is 37.1 Å². The number of benzene rings is 9. The van der Waals surface area contributed by atoms with Crippen LogP contribution in [0.25, 0.3) is 0 Å². The SMILES string of the molecule is C[C@@H](OCC1(c2ccccc2)CC(CN)(NCc2ccccc2)C1)c1cc(C(F)(F)F)cc(C(F)(F)F)c1.C[C@@H](OCC1(c2ccccc2)CC(CN2CCCC2=O)(NCc2ccccc2)C1)c1cc(C(F)(F)F)cc(C(F)(F)F)c1.C[C@@H](OCC1(c2ccccc2)CC(CNC(=O)CCCCl)(NCc2ccccc2)C1)c1cc(C(F)(F)F)cc(C(F)(F)F)c1. The number of carbonyl (C=O) groups excluding carboxylic acids is 2. The first-order chi connectivity index (χ1) is 58.9. The van der Waals surface area contributed by atoms with Gasteiger partial charge in [0.15, 0.2) is 0 Å². The van der Waals surface area contributed by atoms with Gasteiger partial charge in [-0.1, -0.05) is 182 Å². The molecule has 0 aromatic heterocycles. The van der Waals surface area contributed by atoms with Crippen molar-refractivity contribution < 1.29 is 103 Å². The third-order valence-corrected chi connectivity index (χ3v) is 24.3. The van der Waals surface area contributed by atoms with Crippen molar-refractivity contribution in [1.29, 1.82) is 0 Å². The Kier molecular flexibility index (Phi) is 30.8. The molecular formula is C95H99ClF18N6O5. The van der Waals surface area contributed by atoms with E-state index >= 15 is 0 Å². The van der Waals surface area contributed by atoms with Gasteiger partial charge < -0.3 is 46.1 Å². The van der Waals surface area contributed by atoms with Crippen molar-refractivity contribution in [3.8, 4) is 0 Å². The summed E-state index contributed by atoms with van der Waals surface area (Å²) in [6, 6.07) is 62.8. The molecule has 13 rings (SSSR count). The van der Waals surface area contributed by atoms with Gasteiger partial charge in [0.1, 0.15) is 0 Å². The van der Waals surface area contributed by atoms with E-state index in [9.17, 15) is 88.6 Å². The molecule has 0 spiro atoms. The molecule has 4 fully saturated rings. The van der Waals surface area contributed by atoms with E-state index in [-0.39, 0.29) is 72.1 Å². The molecule has 30 heteroatoms. The fourth-order valence-electron chi connectivity index (χ4n) is 17.5. The Hall–Kier alpha value is -9.33. The van der Waals surface area contributed by atoms with E-state index in [0.29, 0.717) is 122 Å². The van der Waals surface area contributed by atoms with Crippen LogP contribution in [-0.2, 0) is 96.7 Å². The van der Waals surface area contributed by atoms with Crippen LogP contribution in [0.1, 0.15) is 187 Å². The molecule has 0 bridgehead atoms. The second kappa shape index (κ2) is 39.9. The minimum atomic E-state index is -4.95. The number of rotatable bonds is 32. The Morgan fingerprint density at radius 2 is 0.680 bits per heavy atom. The molecule has 3 atom stereocenters. The number of alkyl halides is 19. The molecule has 125 heavy (non-hydrogen) atoms. The molecule has 2 amide bonds. The molecule has 672 valence electrons. The zero-order chi connectivity index (χ0) is 90.5. The van der Waals surface area contributed by atoms with Gasteiger partial charge in [-0.25, -0.2) is 0 Å². The van der Waals surface area contributed by atoms with Crippen LogP contribution in [-0.4, -0.2) is 85.2 Å². The van der Waals surface area contributed by atoms with Crippen molar-refractivity contribution in [3.63, 3.8) is 0 Å². The number of likely N-dealkylation sites (tertiary alicyclic amines) is 1. The average Bonchev–Trinajstić information content (AvgIpc) is 1.10. The Balaban J connectivity index is 0.000000183. The second-order valence-corrected chi connectivity index (χ2v) is 33.8. The van der Waals surface area contributed by atoms with Crippen LogP contribution >= 0.6 is 11.6 Å². The van der Waals surface area contributed by atoms with Gasteiger partial charge in [-0.15, -0.1) is 11.6 Å². The summed E-state index contributed by atoms with van der Waals surface area (Å²) in [6.45, 7) is 8.24. The number of nitrogens with zero attached hydrogens (tertiary/aromatic N) is 1. The predicted molar refractivity (Wildman–Crippen MR) is 440 cm³/mol. The Morgan fingerprint density at radius 3 is 0.952 bits per heavy atom. The van der Waals surface area contributed by atoms with Crippen LogP contribution < -0.4 is 27.0 Å². The quantitative estimate of drug-likeness (QED) is 0.0206. The highest BCUT2D eigenvalue weighted by molar-refractivity contribution is 6.17. The van der Waals surface area contributed by atoms with E-state index in [1.54, 1.807) is 0 Å². The summed E-state index contributed by atoms with van der Waals surface area (Å²) < 4.78 is 260. The number of nitrogens with two attached hydrogens (primary N) is 1. The van der Waals surface area contributed by atoms with Crippen LogP contribution in [0.15, 0.2) is 237 Å². The fraction of sp³-hybridized carbons (Fsp3) is 0.411. The van der Waals surface area contributed by atoms with Crippen LogP contribution in [0.4, 0.5) is 79.0 Å². The number of carbonyl (C=O) groups is 2. The standard InChI is InChI=1S/C33H35ClF6N2O2.C33H34F6N2O2.C29H30F6N2O/c1-23(25-15-27(32(35,36)37)17-28(16-25)33(38,39)40)44-22-30(26-11-6-3-7-12-26)19-31(20-30,21-41-29(43)13-8-14-34)42-18-24-9-4-2-5-10-24;1-23(25-15-27(32(34,35)36)17-28(16-25)33(37,38)39)43-22-30(26-11-6-3-7-12-26)19-31(20-30,21-41-14-8-13-29(41)42)40-18-24-9-4-2-5-10-24;1-20(22-12-24(28(30,31)32)14-25(13-22)29(33,34)35)38-19-26(23-10-6-3-7-11-23)16-27(17-26,18-36)37-15-21-8-4-2-5-9-21/h2-7,9-12,15-17,23,42H,8,13-14,18-22H2,1H3,(H,41,43);2-7,9-12,15-17,23,40H,8,13-14,18-22H2,1H3;2-14,20,37H,15-19,36H2,1H3/t2*23-,30?,31?;20-,26?,27?/m111/s1. The minimum absolute atomic E-state index is 0.0464. The number of nitrogens with one attached hydrogen (secondary N) is 4. The largest absolute Gasteiger partial charge is 0.416 e. The lowest BCUT2D eigenvalue weighted by molar-refractivity contribution is -0.145. The normalized spacial score (nSPS) is 22.3. The molecule has 4 aliphatic rings. The smallest absolute Gasteiger partial charge is 0.373 e. The highest BCUT2D eigenvalue weighted by Crippen LogP contribution is 2.55. The van der Waals surface area contributed by atoms with Gasteiger partial charge in [-0.2, -0.15) is 79.0 Å². The third kappa shape index (κ3) is 25.1. The lowest BCUT2D eigenvalue weighted by atomic mass is 9.54. The van der Waals surface area contributed by atoms with Gasteiger partial charge in [-0.05, 0) is 177 Å². The highest BCUT2D eigenvalue weighted by Gasteiger charge is 2.59. The second-order valence-electron chi connectivity index (χ2n) is 33.4. The van der Waals surface area contributed by atoms with Gasteiger partial charge in [-0.3, -0.25) is 9.59 Å². The third-order valence-electron chi connectivity index (χ3n) is 24.0. The maximum Gasteiger partial charge on any atom is 0.416 e. The first-order valence-electron chi connectivity index (χ1n) is 41.0. The number of halogens is 19. The maximum atomic E-state index is 13.5. The topological polar surface area (TPSA) is 139 Å². The Labute approximate surface area is 719 Å². The molecule has 6 N–H and O–H groups in total. The van der Waals surface area contributed by atoms with Crippen molar-refractivity contribution >= 4 is 23.4 Å². The van der Waals surface area contributed by atoms with E-state index in [4.69, 9.17) is 31.5 Å². The Morgan fingerprint density at radius 1 is 0.408 bits per heavy atom. The predicted octanol–water partition coefficient (Wildman–Crippen LogP) is 22.9. The van der Waals surface area contributed by atoms with Gasteiger partial charge in [0.05, 0.1) is 71.5 Å². The maximum absolute atomic E-state index is 13.5. The van der Waals surface area contributed by atoms with E-state index in [1.165, 1.54) is 20.8 Å². The summed E-state index contributed by atoms with van der Waals surface area (Å²) in [5.74, 6) is 0.347. The minimum Gasteiger partial charge on any atom is -0.373 e. The van der Waals surface area contributed by atoms with E-state index in [0.717, 1.165) is 64.1 Å². The van der Waals surface area contributed by atoms with Crippen LogP contribution in [0, 0.1) is 0 Å². The molecule has 0 unspecified atom stereocenters. The van der Waals surface area contributed by atoms with Crippen LogP contribution in [0.3, 0.4) is 0 Å². The summed E-state index contributed by atoms with van der Waals surface area (Å²) in [5.41, 5.74) is 0.489. The first-order valence-corrected chi connectivity index (χ1v) is 41.5. The molecule has 3 aliphatic carbocycles. The lowest BCUT2D eigenvalue weighted by Crippen LogP contribution is -2.68. The summed E-state index contributed by atoms with van der Waals surface area (Å²) in [7, 11) is 0. The molecule has 1 saturated heterocycles. The van der Waals surface area contributed by atoms with Crippen LogP contribution in [0.2, 0.25) is 0 Å².